The van der Waals surface area contributed by atoms with Crippen LogP contribution in [0.4, 0.5) is 34.9 Å². The van der Waals surface area contributed by atoms with E-state index in [4.69, 9.17) is 4.98 Å². The van der Waals surface area contributed by atoms with Crippen LogP contribution in [0.25, 0.3) is 11.3 Å². The van der Waals surface area contributed by atoms with Crippen molar-refractivity contribution in [2.75, 3.05) is 54.8 Å². The van der Waals surface area contributed by atoms with Gasteiger partial charge in [-0.25, -0.2) is 19.3 Å². The lowest BCUT2D eigenvalue weighted by molar-refractivity contribution is -0.140. The van der Waals surface area contributed by atoms with E-state index in [0.29, 0.717) is 42.7 Å². The predicted octanol–water partition coefficient (Wildman–Crippen LogP) is 3.95. The predicted molar refractivity (Wildman–Crippen MR) is 137 cm³/mol. The lowest BCUT2D eigenvalue weighted by atomic mass is 9.95. The Morgan fingerprint density at radius 1 is 1.05 bits per heavy atom. The molecule has 6 rings (SSSR count). The first-order chi connectivity index (χ1) is 18.8. The van der Waals surface area contributed by atoms with Crippen molar-refractivity contribution in [3.05, 3.63) is 47.9 Å². The average Bonchev–Trinajstić information content (AvgIpc) is 3.31. The van der Waals surface area contributed by atoms with E-state index in [1.807, 2.05) is 4.57 Å². The number of amides is 1. The monoisotopic (exact) mass is 544 g/mol. The molecule has 2 fully saturated rings. The van der Waals surface area contributed by atoms with Gasteiger partial charge in [-0.1, -0.05) is 0 Å². The molecule has 0 bridgehead atoms. The Balaban J connectivity index is 1.25. The average molecular weight is 545 g/mol. The van der Waals surface area contributed by atoms with Gasteiger partial charge >= 0.3 is 6.18 Å². The van der Waals surface area contributed by atoms with E-state index < -0.39 is 17.6 Å². The van der Waals surface area contributed by atoms with Gasteiger partial charge in [-0.3, -0.25) is 4.79 Å². The highest BCUT2D eigenvalue weighted by Gasteiger charge is 2.35. The number of carbonyl (C=O) groups excluding carboxylic acids is 1. The molecule has 0 atom stereocenters. The molecule has 2 saturated heterocycles. The van der Waals surface area contributed by atoms with Crippen LogP contribution < -0.4 is 15.5 Å². The van der Waals surface area contributed by atoms with Crippen LogP contribution in [0.15, 0.2) is 30.7 Å². The van der Waals surface area contributed by atoms with E-state index in [1.165, 1.54) is 18.8 Å². The molecular formula is C26H28F4N8O. The molecule has 3 aromatic rings. The van der Waals surface area contributed by atoms with Crippen molar-refractivity contribution in [1.29, 1.82) is 0 Å². The fourth-order valence-corrected chi connectivity index (χ4v) is 5.39. The largest absolute Gasteiger partial charge is 0.419 e. The molecule has 39 heavy (non-hydrogen) atoms. The second kappa shape index (κ2) is 10.1. The Hall–Kier alpha value is -3.74. The van der Waals surface area contributed by atoms with Crippen LogP contribution in [0.5, 0.6) is 0 Å². The van der Waals surface area contributed by atoms with Gasteiger partial charge in [0.2, 0.25) is 5.91 Å². The van der Waals surface area contributed by atoms with Gasteiger partial charge < -0.3 is 25.0 Å². The first kappa shape index (κ1) is 25.5. The van der Waals surface area contributed by atoms with Crippen LogP contribution in [0.1, 0.15) is 36.6 Å². The number of nitrogens with one attached hydrogen (secondary N) is 2. The highest BCUT2D eigenvalue weighted by Crippen LogP contribution is 2.38. The number of rotatable bonds is 6. The van der Waals surface area contributed by atoms with Gasteiger partial charge in [0, 0.05) is 43.9 Å². The lowest BCUT2D eigenvalue weighted by Crippen LogP contribution is -2.39. The number of anilines is 3. The second-order valence-electron chi connectivity index (χ2n) is 10.1. The van der Waals surface area contributed by atoms with Crippen molar-refractivity contribution < 1.29 is 22.4 Å². The summed E-state index contributed by atoms with van der Waals surface area (Å²) in [5.41, 5.74) is -0.0803. The standard InChI is InChI=1S/C26H28F4N8O/c27-19-3-2-17(12-18(19)26(28,29)30)20-14-38(11-10-36-6-1-7-36)24(34-20)16-4-8-37(9-5-16)25-22-23(32-15-33-25)31-13-21(39)35-22/h2-3,12,14-16H,1,4-11,13H2,(H,35,39)(H,31,32,33). The zero-order chi connectivity index (χ0) is 27.1. The SMILES string of the molecule is O=C1CNc2ncnc(N3CCC(c4nc(-c5ccc(F)c(C(F)(F)F)c5)cn4CCN4CCC4)CC3)c2N1. The summed E-state index contributed by atoms with van der Waals surface area (Å²) in [6.07, 6.45) is 1.13. The Morgan fingerprint density at radius 3 is 2.56 bits per heavy atom. The highest BCUT2D eigenvalue weighted by molar-refractivity contribution is 6.02. The van der Waals surface area contributed by atoms with Crippen LogP contribution in [0, 0.1) is 5.82 Å². The number of likely N-dealkylation sites (tertiary alicyclic amines) is 1. The second-order valence-corrected chi connectivity index (χ2v) is 10.1. The molecule has 2 aromatic heterocycles. The van der Waals surface area contributed by atoms with Gasteiger partial charge in [0.25, 0.3) is 0 Å². The zero-order valence-electron chi connectivity index (χ0n) is 21.1. The molecule has 9 nitrogen and oxygen atoms in total. The minimum Gasteiger partial charge on any atom is -0.359 e. The molecule has 0 aliphatic carbocycles. The van der Waals surface area contributed by atoms with Gasteiger partial charge in [0.15, 0.2) is 11.6 Å². The molecule has 0 radical (unpaired) electrons. The van der Waals surface area contributed by atoms with Crippen molar-refractivity contribution in [1.82, 2.24) is 24.4 Å². The lowest BCUT2D eigenvalue weighted by Gasteiger charge is -2.35. The zero-order valence-corrected chi connectivity index (χ0v) is 21.1. The third kappa shape index (κ3) is 5.14. The minimum absolute atomic E-state index is 0.0827. The summed E-state index contributed by atoms with van der Waals surface area (Å²) in [7, 11) is 0. The summed E-state index contributed by atoms with van der Waals surface area (Å²) in [5.74, 6) is 0.702. The summed E-state index contributed by atoms with van der Waals surface area (Å²) in [5, 5.41) is 5.86. The number of carbonyl (C=O) groups is 1. The molecule has 2 N–H and O–H groups in total. The number of piperidine rings is 1. The van der Waals surface area contributed by atoms with Gasteiger partial charge in [0.1, 0.15) is 23.7 Å². The van der Waals surface area contributed by atoms with E-state index in [9.17, 15) is 22.4 Å². The fraction of sp³-hybridized carbons (Fsp3) is 0.462. The van der Waals surface area contributed by atoms with E-state index in [0.717, 1.165) is 50.4 Å². The number of hydrogen-bond acceptors (Lipinski definition) is 7. The fourth-order valence-electron chi connectivity index (χ4n) is 5.39. The maximum Gasteiger partial charge on any atom is 0.419 e. The van der Waals surface area contributed by atoms with E-state index in [1.54, 1.807) is 6.20 Å². The van der Waals surface area contributed by atoms with Gasteiger partial charge in [-0.05, 0) is 50.6 Å². The Bertz CT molecular complexity index is 1380. The molecule has 0 spiro atoms. The summed E-state index contributed by atoms with van der Waals surface area (Å²) in [6.45, 7) is 5.06. The topological polar surface area (TPSA) is 91.2 Å². The van der Waals surface area contributed by atoms with Crippen LogP contribution >= 0.6 is 0 Å². The molecule has 13 heteroatoms. The van der Waals surface area contributed by atoms with Crippen LogP contribution in [-0.2, 0) is 17.5 Å². The first-order valence-electron chi connectivity index (χ1n) is 13.1. The molecule has 5 heterocycles. The van der Waals surface area contributed by atoms with E-state index >= 15 is 0 Å². The number of benzene rings is 1. The Kier molecular flexibility index (Phi) is 6.61. The van der Waals surface area contributed by atoms with Crippen molar-refractivity contribution in [3.8, 4) is 11.3 Å². The normalized spacial score (nSPS) is 18.4. The molecule has 1 aromatic carbocycles. The molecule has 0 unspecified atom stereocenters. The van der Waals surface area contributed by atoms with Crippen LogP contribution in [0.2, 0.25) is 0 Å². The quantitative estimate of drug-likeness (QED) is 0.454. The maximum absolute atomic E-state index is 13.9. The molecule has 3 aliphatic heterocycles. The summed E-state index contributed by atoms with van der Waals surface area (Å²) in [4.78, 5) is 29.8. The van der Waals surface area contributed by atoms with E-state index in [-0.39, 0.29) is 23.9 Å². The molecule has 3 aliphatic rings. The Labute approximate surface area is 222 Å². The Morgan fingerprint density at radius 2 is 1.85 bits per heavy atom. The maximum atomic E-state index is 13.9. The number of alkyl halides is 3. The third-order valence-corrected chi connectivity index (χ3v) is 7.65. The number of imidazole rings is 1. The molecule has 0 saturated carbocycles. The minimum atomic E-state index is -4.79. The smallest absolute Gasteiger partial charge is 0.359 e. The van der Waals surface area contributed by atoms with Crippen molar-refractivity contribution in [2.24, 2.45) is 0 Å². The van der Waals surface area contributed by atoms with Crippen LogP contribution in [-0.4, -0.2) is 69.6 Å². The number of fused-ring (bicyclic) bond motifs is 1. The molecular weight excluding hydrogens is 516 g/mol. The third-order valence-electron chi connectivity index (χ3n) is 7.65. The summed E-state index contributed by atoms with van der Waals surface area (Å²) >= 11 is 0. The van der Waals surface area contributed by atoms with E-state index in [2.05, 4.69) is 30.4 Å². The number of aromatic nitrogens is 4. The van der Waals surface area contributed by atoms with Crippen molar-refractivity contribution in [2.45, 2.75) is 37.9 Å². The van der Waals surface area contributed by atoms with Gasteiger partial charge in [0.05, 0.1) is 17.8 Å². The summed E-state index contributed by atoms with van der Waals surface area (Å²) in [6, 6.07) is 3.04. The van der Waals surface area contributed by atoms with Crippen LogP contribution in [0.3, 0.4) is 0 Å². The van der Waals surface area contributed by atoms with Crippen molar-refractivity contribution in [3.63, 3.8) is 0 Å². The molecule has 1 amide bonds. The molecule has 206 valence electrons. The van der Waals surface area contributed by atoms with Crippen molar-refractivity contribution >= 4 is 23.2 Å². The highest BCUT2D eigenvalue weighted by atomic mass is 19.4. The first-order valence-corrected chi connectivity index (χ1v) is 13.1. The number of halogens is 4. The summed E-state index contributed by atoms with van der Waals surface area (Å²) < 4.78 is 56.1. The van der Waals surface area contributed by atoms with Gasteiger partial charge in [-0.15, -0.1) is 0 Å². The van der Waals surface area contributed by atoms with Gasteiger partial charge in [-0.2, -0.15) is 13.2 Å². The number of nitrogens with zero attached hydrogens (tertiary/aromatic N) is 6. The number of hydrogen-bond donors (Lipinski definition) is 2.